The number of fused-ring (bicyclic) bond motifs is 1. The molecule has 2 heterocycles. The molecule has 1 aliphatic heterocycles. The molecule has 0 aliphatic carbocycles. The summed E-state index contributed by atoms with van der Waals surface area (Å²) in [6.07, 6.45) is 5.22. The molecule has 1 aliphatic rings. The fraction of sp³-hybridized carbons (Fsp3) is 0.381. The van der Waals surface area contributed by atoms with Gasteiger partial charge in [-0.3, -0.25) is 14.6 Å². The van der Waals surface area contributed by atoms with Crippen LogP contribution in [0.15, 0.2) is 46.7 Å². The van der Waals surface area contributed by atoms with Crippen molar-refractivity contribution in [2.24, 2.45) is 0 Å². The maximum Gasteiger partial charge on any atom is 0.326 e. The molecule has 1 saturated heterocycles. The summed E-state index contributed by atoms with van der Waals surface area (Å²) >= 11 is 4.69. The van der Waals surface area contributed by atoms with Crippen LogP contribution >= 0.6 is 27.3 Å². The Hall–Kier alpha value is -1.96. The van der Waals surface area contributed by atoms with Crippen LogP contribution in [0.3, 0.4) is 0 Å². The van der Waals surface area contributed by atoms with E-state index < -0.39 is 0 Å². The van der Waals surface area contributed by atoms with Crippen molar-refractivity contribution in [3.8, 4) is 0 Å². The molecule has 29 heavy (non-hydrogen) atoms. The molecule has 1 fully saturated rings. The minimum atomic E-state index is -0.0322. The largest absolute Gasteiger partial charge is 0.326 e. The topological polar surface area (TPSA) is 48.8 Å². The quantitative estimate of drug-likeness (QED) is 0.411. The first-order valence-electron chi connectivity index (χ1n) is 9.55. The van der Waals surface area contributed by atoms with Crippen molar-refractivity contribution in [2.45, 2.75) is 0 Å². The monoisotopic (exact) mass is 476 g/mol. The van der Waals surface area contributed by atoms with Gasteiger partial charge >= 0.3 is 4.87 Å². The van der Waals surface area contributed by atoms with Crippen molar-refractivity contribution in [1.82, 2.24) is 14.5 Å². The van der Waals surface area contributed by atoms with E-state index in [2.05, 4.69) is 43.9 Å². The van der Waals surface area contributed by atoms with Gasteiger partial charge in [-0.2, -0.15) is 0 Å². The Morgan fingerprint density at radius 1 is 1.17 bits per heavy atom. The molecule has 0 radical (unpaired) electrons. The predicted molar refractivity (Wildman–Crippen MR) is 125 cm³/mol. The molecule has 154 valence electrons. The van der Waals surface area contributed by atoms with E-state index in [4.69, 9.17) is 0 Å². The van der Waals surface area contributed by atoms with Gasteiger partial charge in [0.15, 0.2) is 0 Å². The Morgan fingerprint density at radius 3 is 2.48 bits per heavy atom. The zero-order valence-corrected chi connectivity index (χ0v) is 18.8. The van der Waals surface area contributed by atoms with E-state index in [-0.39, 0.29) is 4.87 Å². The van der Waals surface area contributed by atoms with E-state index in [0.717, 1.165) is 67.0 Å². The first-order valence-corrected chi connectivity index (χ1v) is 11.2. The minimum absolute atomic E-state index is 0.0322. The van der Waals surface area contributed by atoms with Gasteiger partial charge in [-0.15, -0.1) is 13.2 Å². The summed E-state index contributed by atoms with van der Waals surface area (Å²) in [5.74, 6) is 1.85. The maximum atomic E-state index is 12.7. The van der Waals surface area contributed by atoms with Crippen LogP contribution in [0.5, 0.6) is 0 Å². The van der Waals surface area contributed by atoms with Crippen LogP contribution in [0.1, 0.15) is 5.56 Å². The Labute approximate surface area is 183 Å². The normalized spacial score (nSPS) is 14.9. The van der Waals surface area contributed by atoms with Crippen molar-refractivity contribution in [3.05, 3.63) is 57.1 Å². The minimum Gasteiger partial charge on any atom is -0.306 e. The molecule has 0 N–H and O–H groups in total. The zero-order valence-electron chi connectivity index (χ0n) is 16.3. The highest BCUT2D eigenvalue weighted by Crippen LogP contribution is 2.29. The molecule has 1 aromatic heterocycles. The standard InChI is InChI=1S/C21H25BrN4O2S/c1-3-8-23(9-4-2)10-11-24-12-14-25(15-13-24)26-20-17(7-16-27)18(22)5-6-19(20)29-21(26)28/h3-7H,1-2,8-15H2. The number of thiazole rings is 1. The van der Waals surface area contributed by atoms with Gasteiger partial charge in [0.25, 0.3) is 0 Å². The van der Waals surface area contributed by atoms with Gasteiger partial charge in [0.1, 0.15) is 5.94 Å². The predicted octanol–water partition coefficient (Wildman–Crippen LogP) is 2.60. The number of nitrogens with zero attached hydrogens (tertiary/aromatic N) is 4. The summed E-state index contributed by atoms with van der Waals surface area (Å²) in [5, 5.41) is 2.08. The first-order chi connectivity index (χ1) is 14.1. The zero-order chi connectivity index (χ0) is 20.8. The van der Waals surface area contributed by atoms with Crippen molar-refractivity contribution in [1.29, 1.82) is 0 Å². The number of piperazine rings is 1. The number of carbonyl (C=O) groups excluding carboxylic acids is 1. The number of benzene rings is 1. The number of hydrogen-bond donors (Lipinski definition) is 0. The molecule has 8 heteroatoms. The van der Waals surface area contributed by atoms with Crippen molar-refractivity contribution in [2.75, 3.05) is 57.4 Å². The lowest BCUT2D eigenvalue weighted by molar-refractivity contribution is 0.204. The van der Waals surface area contributed by atoms with E-state index in [1.165, 1.54) is 17.4 Å². The Kier molecular flexibility index (Phi) is 7.64. The van der Waals surface area contributed by atoms with E-state index in [9.17, 15) is 9.59 Å². The highest BCUT2D eigenvalue weighted by molar-refractivity contribution is 9.10. The molecule has 0 spiro atoms. The van der Waals surface area contributed by atoms with Crippen LogP contribution in [-0.4, -0.2) is 72.8 Å². The van der Waals surface area contributed by atoms with E-state index in [1.807, 2.05) is 30.2 Å². The number of hydrogen-bond acceptors (Lipinski definition) is 6. The lowest BCUT2D eigenvalue weighted by Crippen LogP contribution is -2.54. The summed E-state index contributed by atoms with van der Waals surface area (Å²) in [4.78, 5) is 28.4. The number of aromatic nitrogens is 1. The fourth-order valence-electron chi connectivity index (χ4n) is 3.61. The molecule has 0 amide bonds. The summed E-state index contributed by atoms with van der Waals surface area (Å²) in [5.41, 5.74) is 1.47. The number of rotatable bonds is 9. The average Bonchev–Trinajstić information content (AvgIpc) is 3.05. The highest BCUT2D eigenvalue weighted by atomic mass is 79.9. The summed E-state index contributed by atoms with van der Waals surface area (Å²) < 4.78 is 3.38. The smallest absolute Gasteiger partial charge is 0.306 e. The molecule has 0 atom stereocenters. The van der Waals surface area contributed by atoms with E-state index in [1.54, 1.807) is 4.68 Å². The van der Waals surface area contributed by atoms with E-state index in [0.29, 0.717) is 5.56 Å². The SMILES string of the molecule is C=CCN(CC=C)CCN1CCN(n2c(=O)sc3ccc(Br)c(C=C=O)c32)CC1. The molecule has 1 aromatic carbocycles. The van der Waals surface area contributed by atoms with Crippen LogP contribution in [0.25, 0.3) is 16.3 Å². The van der Waals surface area contributed by atoms with Crippen LogP contribution in [-0.2, 0) is 4.79 Å². The second-order valence-electron chi connectivity index (χ2n) is 6.88. The molecule has 0 bridgehead atoms. The van der Waals surface area contributed by atoms with Gasteiger partial charge in [-0.05, 0) is 12.1 Å². The molecular weight excluding hydrogens is 452 g/mol. The van der Waals surface area contributed by atoms with Gasteiger partial charge < -0.3 is 5.01 Å². The van der Waals surface area contributed by atoms with Crippen LogP contribution in [0.2, 0.25) is 0 Å². The van der Waals surface area contributed by atoms with Crippen molar-refractivity contribution in [3.63, 3.8) is 0 Å². The van der Waals surface area contributed by atoms with Gasteiger partial charge in [0.05, 0.1) is 10.2 Å². The second-order valence-corrected chi connectivity index (χ2v) is 8.73. The van der Waals surface area contributed by atoms with Crippen molar-refractivity contribution < 1.29 is 4.79 Å². The molecule has 3 rings (SSSR count). The third-order valence-electron chi connectivity index (χ3n) is 5.05. The summed E-state index contributed by atoms with van der Waals surface area (Å²) in [6, 6.07) is 3.77. The second kappa shape index (κ2) is 10.2. The van der Waals surface area contributed by atoms with Gasteiger partial charge in [-0.25, -0.2) is 9.47 Å². The first kappa shape index (κ1) is 21.7. The molecule has 6 nitrogen and oxygen atoms in total. The Morgan fingerprint density at radius 2 is 1.86 bits per heavy atom. The molecule has 0 unspecified atom stereocenters. The van der Waals surface area contributed by atoms with Gasteiger partial charge in [0.2, 0.25) is 0 Å². The third kappa shape index (κ3) is 4.97. The summed E-state index contributed by atoms with van der Waals surface area (Å²) in [7, 11) is 0. The molecule has 2 aromatic rings. The lowest BCUT2D eigenvalue weighted by atomic mass is 10.2. The average molecular weight is 477 g/mol. The van der Waals surface area contributed by atoms with Crippen LogP contribution in [0.4, 0.5) is 0 Å². The molecule has 0 saturated carbocycles. The van der Waals surface area contributed by atoms with Gasteiger partial charge in [-0.1, -0.05) is 39.4 Å². The fourth-order valence-corrected chi connectivity index (χ4v) is 4.96. The van der Waals surface area contributed by atoms with Crippen LogP contribution < -0.4 is 9.88 Å². The lowest BCUT2D eigenvalue weighted by Gasteiger charge is -2.37. The Bertz CT molecular complexity index is 974. The third-order valence-corrected chi connectivity index (χ3v) is 6.64. The van der Waals surface area contributed by atoms with Gasteiger partial charge in [0, 0.05) is 68.5 Å². The Balaban J connectivity index is 1.73. The summed E-state index contributed by atoms with van der Waals surface area (Å²) in [6.45, 7) is 14.5. The van der Waals surface area contributed by atoms with Crippen LogP contribution in [0, 0.1) is 0 Å². The molecular formula is C21H25BrN4O2S. The number of halogens is 1. The highest BCUT2D eigenvalue weighted by Gasteiger charge is 2.22. The maximum absolute atomic E-state index is 12.7. The van der Waals surface area contributed by atoms with Crippen molar-refractivity contribution >= 4 is 49.5 Å². The van der Waals surface area contributed by atoms with E-state index >= 15 is 0 Å².